The van der Waals surface area contributed by atoms with Crippen molar-refractivity contribution in [2.45, 2.75) is 25.3 Å². The molecular weight excluding hydrogens is 380 g/mol. The number of aromatic nitrogens is 1. The highest BCUT2D eigenvalue weighted by molar-refractivity contribution is 7.90. The van der Waals surface area contributed by atoms with Crippen LogP contribution in [0.4, 0.5) is 17.6 Å². The highest BCUT2D eigenvalue weighted by Gasteiger charge is 2.32. The quantitative estimate of drug-likeness (QED) is 0.426. The second kappa shape index (κ2) is 7.72. The zero-order chi connectivity index (χ0) is 18.8. The van der Waals surface area contributed by atoms with Crippen LogP contribution in [-0.4, -0.2) is 20.5 Å². The molecule has 25 heavy (non-hydrogen) atoms. The van der Waals surface area contributed by atoms with Crippen molar-refractivity contribution in [1.29, 1.82) is 0 Å². The third-order valence-electron chi connectivity index (χ3n) is 3.05. The third-order valence-corrected chi connectivity index (χ3v) is 4.45. The molecule has 0 fully saturated rings. The lowest BCUT2D eigenvalue weighted by molar-refractivity contribution is -0.137. The molecule has 1 heterocycles. The summed E-state index contributed by atoms with van der Waals surface area (Å²) in [6.45, 7) is 3.28. The lowest BCUT2D eigenvalue weighted by Gasteiger charge is -2.13. The number of pyridine rings is 1. The van der Waals surface area contributed by atoms with E-state index in [-0.39, 0.29) is 22.2 Å². The number of nitrogens with zero attached hydrogens (tertiary/aromatic N) is 2. The van der Waals surface area contributed by atoms with Gasteiger partial charge in [-0.3, -0.25) is 4.98 Å². The van der Waals surface area contributed by atoms with E-state index in [1.54, 1.807) is 13.8 Å². The fourth-order valence-corrected chi connectivity index (χ4v) is 2.55. The molecule has 1 aromatic heterocycles. The van der Waals surface area contributed by atoms with Crippen molar-refractivity contribution in [3.63, 3.8) is 0 Å². The molecule has 0 saturated heterocycles. The summed E-state index contributed by atoms with van der Waals surface area (Å²) in [5.74, 6) is -1.08. The Kier molecular flexibility index (Phi) is 6.08. The van der Waals surface area contributed by atoms with Crippen molar-refractivity contribution in [2.75, 3.05) is 0 Å². The Morgan fingerprint density at radius 1 is 1.24 bits per heavy atom. The molecule has 0 aliphatic rings. The monoisotopic (exact) mass is 392 g/mol. The van der Waals surface area contributed by atoms with E-state index >= 15 is 0 Å². The summed E-state index contributed by atoms with van der Waals surface area (Å²) >= 11 is 4.03. The first kappa shape index (κ1) is 19.7. The molecule has 0 spiro atoms. The van der Waals surface area contributed by atoms with Gasteiger partial charge in [-0.15, -0.1) is 0 Å². The third kappa shape index (κ3) is 5.17. The van der Waals surface area contributed by atoms with Crippen molar-refractivity contribution in [2.24, 2.45) is 4.40 Å². The first-order valence-corrected chi connectivity index (χ1v) is 8.62. The zero-order valence-electron chi connectivity index (χ0n) is 13.1. The minimum atomic E-state index is -4.73. The van der Waals surface area contributed by atoms with Gasteiger partial charge in [-0.25, -0.2) is 4.39 Å². The van der Waals surface area contributed by atoms with Crippen LogP contribution in [0.15, 0.2) is 40.9 Å². The van der Waals surface area contributed by atoms with Crippen LogP contribution in [-0.2, 0) is 17.5 Å². The lowest BCUT2D eigenvalue weighted by Crippen LogP contribution is -2.17. The average molecular weight is 393 g/mol. The Morgan fingerprint density at radius 2 is 1.92 bits per heavy atom. The van der Waals surface area contributed by atoms with Crippen molar-refractivity contribution in [3.8, 4) is 0 Å². The molecule has 134 valence electrons. The zero-order valence-corrected chi connectivity index (χ0v) is 14.7. The van der Waals surface area contributed by atoms with Crippen LogP contribution >= 0.6 is 11.6 Å². The highest BCUT2D eigenvalue weighted by Crippen LogP contribution is 2.31. The van der Waals surface area contributed by atoms with E-state index in [1.807, 2.05) is 0 Å². The summed E-state index contributed by atoms with van der Waals surface area (Å²) in [6, 6.07) is 4.89. The number of rotatable bonds is 4. The summed E-state index contributed by atoms with van der Waals surface area (Å²) in [5.41, 5.74) is -1.30. The van der Waals surface area contributed by atoms with Gasteiger partial charge in [0, 0.05) is 11.8 Å². The molecule has 3 nitrogen and oxygen atoms in total. The number of halogens is 5. The maximum Gasteiger partial charge on any atom is 0.416 e. The molecule has 1 atom stereocenters. The van der Waals surface area contributed by atoms with Crippen LogP contribution in [0.25, 0.3) is 0 Å². The molecule has 0 radical (unpaired) electrons. The smallest absolute Gasteiger partial charge is 0.416 e. The molecule has 0 saturated carbocycles. The Morgan fingerprint density at radius 3 is 2.44 bits per heavy atom. The van der Waals surface area contributed by atoms with Crippen LogP contribution in [0.5, 0.6) is 0 Å². The minimum Gasteiger partial charge on any atom is -0.591 e. The SMILES string of the molecule is CC(C)[S+]([O-])N=C(c1cc(F)cc(C(F)(F)F)c1)c1ccc(Cl)cn1. The van der Waals surface area contributed by atoms with Crippen molar-refractivity contribution in [1.82, 2.24) is 4.98 Å². The van der Waals surface area contributed by atoms with Crippen LogP contribution < -0.4 is 0 Å². The van der Waals surface area contributed by atoms with Gasteiger partial charge >= 0.3 is 6.18 Å². The Bertz CT molecular complexity index is 779. The van der Waals surface area contributed by atoms with Crippen molar-refractivity contribution >= 4 is 28.7 Å². The van der Waals surface area contributed by atoms with Gasteiger partial charge in [-0.2, -0.15) is 13.2 Å². The topological polar surface area (TPSA) is 48.3 Å². The van der Waals surface area contributed by atoms with Gasteiger partial charge in [-0.1, -0.05) is 16.0 Å². The molecule has 2 rings (SSSR count). The maximum atomic E-state index is 13.7. The van der Waals surface area contributed by atoms with Gasteiger partial charge in [0.1, 0.15) is 16.8 Å². The number of hydrogen-bond donors (Lipinski definition) is 0. The van der Waals surface area contributed by atoms with Crippen LogP contribution in [0.3, 0.4) is 0 Å². The number of alkyl halides is 3. The number of benzene rings is 1. The van der Waals surface area contributed by atoms with Gasteiger partial charge < -0.3 is 4.55 Å². The summed E-state index contributed by atoms with van der Waals surface area (Å²) in [6.07, 6.45) is -3.46. The van der Waals surface area contributed by atoms with E-state index in [0.717, 1.165) is 12.1 Å². The van der Waals surface area contributed by atoms with E-state index in [4.69, 9.17) is 11.6 Å². The molecule has 1 aromatic carbocycles. The van der Waals surface area contributed by atoms with E-state index in [1.165, 1.54) is 18.3 Å². The maximum absolute atomic E-state index is 13.7. The van der Waals surface area contributed by atoms with Gasteiger partial charge in [-0.05, 0) is 44.2 Å². The normalized spacial score (nSPS) is 14.0. The van der Waals surface area contributed by atoms with Crippen LogP contribution in [0.1, 0.15) is 30.7 Å². The predicted octanol–water partition coefficient (Wildman–Crippen LogP) is 4.80. The van der Waals surface area contributed by atoms with Gasteiger partial charge in [0.25, 0.3) is 0 Å². The Balaban J connectivity index is 2.64. The molecule has 1 unspecified atom stereocenters. The van der Waals surface area contributed by atoms with Crippen LogP contribution in [0, 0.1) is 5.82 Å². The second-order valence-corrected chi connectivity index (χ2v) is 7.47. The van der Waals surface area contributed by atoms with Crippen molar-refractivity contribution < 1.29 is 22.1 Å². The molecular formula is C16H13ClF4N2OS. The molecule has 2 aromatic rings. The molecule has 9 heteroatoms. The summed E-state index contributed by atoms with van der Waals surface area (Å²) < 4.78 is 68.6. The molecule has 0 N–H and O–H groups in total. The Hall–Kier alpha value is -1.64. The number of hydrogen-bond acceptors (Lipinski definition) is 3. The summed E-state index contributed by atoms with van der Waals surface area (Å²) in [7, 11) is 0. The van der Waals surface area contributed by atoms with E-state index in [9.17, 15) is 22.1 Å². The standard InChI is InChI=1S/C16H13ClF4N2OS/c1-9(2)25(24)23-15(14-4-3-12(17)8-22-14)10-5-11(16(19,20)21)7-13(18)6-10/h3-9H,1-2H3. The Labute approximate surface area is 150 Å². The highest BCUT2D eigenvalue weighted by atomic mass is 35.5. The van der Waals surface area contributed by atoms with Gasteiger partial charge in [0.15, 0.2) is 0 Å². The van der Waals surface area contributed by atoms with Crippen molar-refractivity contribution in [3.05, 3.63) is 64.2 Å². The molecule has 0 amide bonds. The minimum absolute atomic E-state index is 0.103. The van der Waals surface area contributed by atoms with E-state index < -0.39 is 28.9 Å². The second-order valence-electron chi connectivity index (χ2n) is 5.35. The van der Waals surface area contributed by atoms with E-state index in [2.05, 4.69) is 9.38 Å². The first-order chi connectivity index (χ1) is 11.6. The van der Waals surface area contributed by atoms with Crippen LogP contribution in [0.2, 0.25) is 5.02 Å². The van der Waals surface area contributed by atoms with Gasteiger partial charge in [0.05, 0.1) is 27.6 Å². The fraction of sp³-hybridized carbons (Fsp3) is 0.250. The molecule has 0 bridgehead atoms. The van der Waals surface area contributed by atoms with E-state index in [0.29, 0.717) is 11.1 Å². The fourth-order valence-electron chi connectivity index (χ4n) is 1.85. The summed E-state index contributed by atoms with van der Waals surface area (Å²) in [5, 5.41) is -0.0683. The summed E-state index contributed by atoms with van der Waals surface area (Å²) in [4.78, 5) is 3.99. The molecule has 0 aliphatic carbocycles. The average Bonchev–Trinajstić information content (AvgIpc) is 2.51. The lowest BCUT2D eigenvalue weighted by atomic mass is 10.0. The van der Waals surface area contributed by atoms with Gasteiger partial charge in [0.2, 0.25) is 0 Å². The first-order valence-electron chi connectivity index (χ1n) is 7.07. The largest absolute Gasteiger partial charge is 0.591 e. The predicted molar refractivity (Wildman–Crippen MR) is 89.6 cm³/mol. The molecule has 0 aliphatic heterocycles.